The molecule has 0 radical (unpaired) electrons. The summed E-state index contributed by atoms with van der Waals surface area (Å²) in [5.41, 5.74) is 0. The zero-order valence-corrected chi connectivity index (χ0v) is 24.8. The van der Waals surface area contributed by atoms with Crippen molar-refractivity contribution in [2.75, 3.05) is 26.4 Å². The molecular weight excluding hydrogens is 648 g/mol. The molecule has 3 unspecified atom stereocenters. The average Bonchev–Trinajstić information content (AvgIpc) is 3.03. The Hall–Kier alpha value is -2.23. The van der Waals surface area contributed by atoms with Crippen molar-refractivity contribution in [2.45, 2.75) is 111 Å². The highest BCUT2D eigenvalue weighted by Gasteiger charge is 2.60. The number of carbonyl (C=O) groups excluding carboxylic acids is 2. The number of carboxylic acid groups (broad SMARTS) is 1. The summed E-state index contributed by atoms with van der Waals surface area (Å²) in [6.07, 6.45) is -26.5. The molecule has 0 bridgehead atoms. The van der Waals surface area contributed by atoms with Crippen LogP contribution in [-0.4, -0.2) is 203 Å². The first-order chi connectivity index (χ1) is 22.0. The summed E-state index contributed by atoms with van der Waals surface area (Å²) in [6, 6.07) is -3.26. The predicted molar refractivity (Wildman–Crippen MR) is 143 cm³/mol. The van der Waals surface area contributed by atoms with Gasteiger partial charge in [0.15, 0.2) is 12.6 Å². The standard InChI is InChI=1S/C25H42N2O20/c1-7(32)26-14-19(16(37)10(4-29)43-22(14)40)45-23-18(39)21(17(38)11(5-30)44-23)47-25(24(41)42)2-8(33)13(27-12(35)6-31)20(46-25)15(36)9(34)3-28/h8-11,13-23,28-31,33-34,36-40H,2-6H2,1H3,(H,26,32)(H,27,35)(H,41,42)/t8-,9+,10+,11+,13+,14+,15+,16-,17-,18+,19+,20+,21-,22?,23?,25?/m0/s1. The molecule has 16 atom stereocenters. The minimum Gasteiger partial charge on any atom is -0.477 e. The lowest BCUT2D eigenvalue weighted by atomic mass is 9.88. The Balaban J connectivity index is 1.98. The van der Waals surface area contributed by atoms with Gasteiger partial charge in [0, 0.05) is 13.3 Å². The maximum atomic E-state index is 12.6. The molecule has 0 aromatic heterocycles. The van der Waals surface area contributed by atoms with E-state index >= 15 is 0 Å². The van der Waals surface area contributed by atoms with Crippen molar-refractivity contribution >= 4 is 17.8 Å². The lowest BCUT2D eigenvalue weighted by Gasteiger charge is -2.50. The zero-order chi connectivity index (χ0) is 35.4. The molecule has 14 N–H and O–H groups in total. The van der Waals surface area contributed by atoms with E-state index in [1.807, 2.05) is 0 Å². The summed E-state index contributed by atoms with van der Waals surface area (Å²) < 4.78 is 27.2. The van der Waals surface area contributed by atoms with Crippen molar-refractivity contribution in [2.24, 2.45) is 0 Å². The fourth-order valence-electron chi connectivity index (χ4n) is 5.56. The normalized spacial score (nSPS) is 42.3. The number of aliphatic carboxylic acids is 1. The number of carboxylic acids is 1. The molecule has 2 amide bonds. The molecule has 22 nitrogen and oxygen atoms in total. The number of carbonyl (C=O) groups is 3. The van der Waals surface area contributed by atoms with E-state index in [4.69, 9.17) is 28.8 Å². The summed E-state index contributed by atoms with van der Waals surface area (Å²) in [7, 11) is 0. The van der Waals surface area contributed by atoms with Gasteiger partial charge in [-0.15, -0.1) is 0 Å². The van der Waals surface area contributed by atoms with Crippen molar-refractivity contribution in [3.63, 3.8) is 0 Å². The molecule has 0 aromatic carbocycles. The summed E-state index contributed by atoms with van der Waals surface area (Å²) in [5.74, 6) is -6.98. The van der Waals surface area contributed by atoms with Gasteiger partial charge < -0.3 is 95.6 Å². The summed E-state index contributed by atoms with van der Waals surface area (Å²) in [6.45, 7) is -3.02. The number of hydrogen-bond acceptors (Lipinski definition) is 19. The largest absolute Gasteiger partial charge is 0.477 e. The van der Waals surface area contributed by atoms with Crippen LogP contribution >= 0.6 is 0 Å². The molecule has 0 aromatic rings. The molecule has 3 heterocycles. The summed E-state index contributed by atoms with van der Waals surface area (Å²) >= 11 is 0. The Kier molecular flexibility index (Phi) is 13.7. The Labute approximate surface area is 265 Å². The van der Waals surface area contributed by atoms with Crippen LogP contribution in [0.25, 0.3) is 0 Å². The van der Waals surface area contributed by atoms with Gasteiger partial charge in [0.25, 0.3) is 5.79 Å². The molecule has 3 fully saturated rings. The van der Waals surface area contributed by atoms with E-state index in [0.29, 0.717) is 0 Å². The number of amides is 2. The highest BCUT2D eigenvalue weighted by Crippen LogP contribution is 2.38. The fraction of sp³-hybridized carbons (Fsp3) is 0.880. The van der Waals surface area contributed by atoms with E-state index in [9.17, 15) is 70.6 Å². The minimum atomic E-state index is -3.11. The van der Waals surface area contributed by atoms with Gasteiger partial charge in [0.1, 0.15) is 73.7 Å². The number of aliphatic hydroxyl groups is 11. The quantitative estimate of drug-likeness (QED) is 0.0852. The lowest BCUT2D eigenvalue weighted by molar-refractivity contribution is -0.380. The van der Waals surface area contributed by atoms with Gasteiger partial charge in [0.2, 0.25) is 11.8 Å². The first-order valence-corrected chi connectivity index (χ1v) is 14.4. The SMILES string of the molecule is CC(=O)N[C@H]1C(O)O[C@H](CO)[C@H](O)[C@@H]1OC1O[C@H](CO)[C@H](O)[C@H](OC2(C(=O)O)C[C@H](O)[C@@H](NC(=O)CO)[C@H]([C@H](O)[C@H](O)CO)O2)[C@H]1O. The van der Waals surface area contributed by atoms with Gasteiger partial charge in [-0.1, -0.05) is 0 Å². The number of ether oxygens (including phenoxy) is 5. The molecule has 0 aliphatic carbocycles. The molecular formula is C25H42N2O20. The smallest absolute Gasteiger partial charge is 0.364 e. The first-order valence-electron chi connectivity index (χ1n) is 14.4. The molecule has 3 aliphatic rings. The number of hydrogen-bond donors (Lipinski definition) is 14. The van der Waals surface area contributed by atoms with Gasteiger partial charge in [-0.2, -0.15) is 0 Å². The van der Waals surface area contributed by atoms with Crippen molar-refractivity contribution in [1.82, 2.24) is 10.6 Å². The molecule has 47 heavy (non-hydrogen) atoms. The van der Waals surface area contributed by atoms with E-state index in [2.05, 4.69) is 10.6 Å². The van der Waals surface area contributed by atoms with Crippen LogP contribution in [0.5, 0.6) is 0 Å². The molecule has 0 saturated carbocycles. The maximum Gasteiger partial charge on any atom is 0.364 e. The highest BCUT2D eigenvalue weighted by molar-refractivity contribution is 5.78. The third kappa shape index (κ3) is 8.50. The topological polar surface area (TPSA) is 364 Å². The Bertz CT molecular complexity index is 1070. The van der Waals surface area contributed by atoms with Gasteiger partial charge in [0.05, 0.1) is 32.0 Å². The maximum absolute atomic E-state index is 12.6. The van der Waals surface area contributed by atoms with E-state index in [1.54, 1.807) is 0 Å². The molecule has 272 valence electrons. The molecule has 3 rings (SSSR count). The highest BCUT2D eigenvalue weighted by atomic mass is 16.8. The first kappa shape index (κ1) is 39.2. The third-order valence-electron chi connectivity index (χ3n) is 7.97. The van der Waals surface area contributed by atoms with E-state index in [1.165, 1.54) is 0 Å². The molecule has 22 heteroatoms. The van der Waals surface area contributed by atoms with Gasteiger partial charge in [-0.25, -0.2) is 4.79 Å². The van der Waals surface area contributed by atoms with Gasteiger partial charge in [-0.05, 0) is 0 Å². The average molecular weight is 691 g/mol. The van der Waals surface area contributed by atoms with Crippen molar-refractivity contribution in [3.05, 3.63) is 0 Å². The second-order valence-corrected chi connectivity index (χ2v) is 11.3. The van der Waals surface area contributed by atoms with Gasteiger partial charge in [-0.3, -0.25) is 9.59 Å². The van der Waals surface area contributed by atoms with Gasteiger partial charge >= 0.3 is 5.97 Å². The van der Waals surface area contributed by atoms with Crippen LogP contribution in [0.15, 0.2) is 0 Å². The summed E-state index contributed by atoms with van der Waals surface area (Å²) in [4.78, 5) is 36.3. The van der Waals surface area contributed by atoms with Crippen LogP contribution in [0.2, 0.25) is 0 Å². The second-order valence-electron chi connectivity index (χ2n) is 11.3. The Morgan fingerprint density at radius 2 is 1.47 bits per heavy atom. The van der Waals surface area contributed by atoms with Crippen LogP contribution in [0, 0.1) is 0 Å². The number of aliphatic hydroxyl groups excluding tert-OH is 11. The minimum absolute atomic E-state index is 0.733. The third-order valence-corrected chi connectivity index (χ3v) is 7.97. The van der Waals surface area contributed by atoms with Crippen molar-refractivity contribution in [3.8, 4) is 0 Å². The van der Waals surface area contributed by atoms with Crippen molar-refractivity contribution < 1.29 is 99.3 Å². The van der Waals surface area contributed by atoms with Crippen LogP contribution in [0.1, 0.15) is 13.3 Å². The van der Waals surface area contributed by atoms with E-state index < -0.39 is 148 Å². The van der Waals surface area contributed by atoms with Crippen LogP contribution in [-0.2, 0) is 38.1 Å². The van der Waals surface area contributed by atoms with E-state index in [0.717, 1.165) is 6.92 Å². The van der Waals surface area contributed by atoms with E-state index in [-0.39, 0.29) is 0 Å². The van der Waals surface area contributed by atoms with Crippen LogP contribution in [0.4, 0.5) is 0 Å². The number of nitrogens with one attached hydrogen (secondary N) is 2. The lowest BCUT2D eigenvalue weighted by Crippen LogP contribution is -2.71. The molecule has 3 aliphatic heterocycles. The van der Waals surface area contributed by atoms with Crippen LogP contribution in [0.3, 0.4) is 0 Å². The Morgan fingerprint density at radius 3 is 2.00 bits per heavy atom. The fourth-order valence-corrected chi connectivity index (χ4v) is 5.56. The van der Waals surface area contributed by atoms with Crippen LogP contribution < -0.4 is 10.6 Å². The number of rotatable bonds is 13. The summed E-state index contributed by atoms with van der Waals surface area (Å²) in [5, 5.41) is 127. The zero-order valence-electron chi connectivity index (χ0n) is 24.8. The Morgan fingerprint density at radius 1 is 0.872 bits per heavy atom. The monoisotopic (exact) mass is 690 g/mol. The molecule has 3 saturated heterocycles. The second kappa shape index (κ2) is 16.4. The van der Waals surface area contributed by atoms with Crippen molar-refractivity contribution in [1.29, 1.82) is 0 Å². The predicted octanol–water partition coefficient (Wildman–Crippen LogP) is -9.11. The molecule has 0 spiro atoms.